The van der Waals surface area contributed by atoms with Crippen molar-refractivity contribution in [2.45, 2.75) is 24.7 Å². The van der Waals surface area contributed by atoms with Crippen LogP contribution in [0.25, 0.3) is 0 Å². The van der Waals surface area contributed by atoms with E-state index in [1.54, 1.807) is 0 Å². The Bertz CT molecular complexity index is 543. The Labute approximate surface area is 137 Å². The fourth-order valence-corrected chi connectivity index (χ4v) is 4.61. The fourth-order valence-electron chi connectivity index (χ4n) is 1.61. The smallest absolute Gasteiger partial charge is 0.243 e. The predicted molar refractivity (Wildman–Crippen MR) is 84.8 cm³/mol. The summed E-state index contributed by atoms with van der Waals surface area (Å²) < 4.78 is 27.4. The highest BCUT2D eigenvalue weighted by Gasteiger charge is 2.21. The van der Waals surface area contributed by atoms with Gasteiger partial charge in [-0.2, -0.15) is 0 Å². The molecule has 0 fully saturated rings. The molecule has 114 valence electrons. The van der Waals surface area contributed by atoms with Crippen LogP contribution >= 0.6 is 39.1 Å². The summed E-state index contributed by atoms with van der Waals surface area (Å²) in [4.78, 5) is -0.112. The molecule has 0 spiro atoms. The van der Waals surface area contributed by atoms with Crippen molar-refractivity contribution >= 4 is 49.2 Å². The Morgan fingerprint density at radius 1 is 1.35 bits per heavy atom. The lowest BCUT2D eigenvalue weighted by atomic mass is 10.1. The molecule has 0 radical (unpaired) electrons. The van der Waals surface area contributed by atoms with Crippen molar-refractivity contribution < 1.29 is 13.5 Å². The normalized spacial score (nSPS) is 13.4. The largest absolute Gasteiger partial charge is 0.396 e. The molecule has 0 saturated carbocycles. The first-order valence-electron chi connectivity index (χ1n) is 6.03. The monoisotopic (exact) mass is 403 g/mol. The fraction of sp³-hybridized carbons (Fsp3) is 0.500. The molecular weight excluding hydrogens is 389 g/mol. The van der Waals surface area contributed by atoms with Gasteiger partial charge in [0.15, 0.2) is 0 Å². The lowest BCUT2D eigenvalue weighted by Gasteiger charge is -2.11. The first-order chi connectivity index (χ1) is 9.27. The maximum absolute atomic E-state index is 12.2. The predicted octanol–water partition coefficient (Wildman–Crippen LogP) is 3.44. The highest BCUT2D eigenvalue weighted by molar-refractivity contribution is 9.10. The molecule has 0 amide bonds. The SMILES string of the molecule is CC(CO)CCCNS(=O)(=O)c1c(Cl)cc(Br)cc1Cl. The Morgan fingerprint density at radius 2 is 1.90 bits per heavy atom. The number of aliphatic hydroxyl groups excluding tert-OH is 1. The van der Waals surface area contributed by atoms with E-state index < -0.39 is 10.0 Å². The van der Waals surface area contributed by atoms with E-state index in [4.69, 9.17) is 28.3 Å². The lowest BCUT2D eigenvalue weighted by molar-refractivity contribution is 0.228. The summed E-state index contributed by atoms with van der Waals surface area (Å²) in [5, 5.41) is 9.03. The van der Waals surface area contributed by atoms with Gasteiger partial charge in [0.25, 0.3) is 0 Å². The zero-order valence-electron chi connectivity index (χ0n) is 10.9. The molecule has 0 saturated heterocycles. The minimum atomic E-state index is -3.74. The van der Waals surface area contributed by atoms with Crippen LogP contribution in [0, 0.1) is 5.92 Å². The zero-order chi connectivity index (χ0) is 15.3. The maximum atomic E-state index is 12.2. The summed E-state index contributed by atoms with van der Waals surface area (Å²) in [7, 11) is -3.74. The number of hydrogen-bond donors (Lipinski definition) is 2. The number of sulfonamides is 1. The third-order valence-corrected chi connectivity index (χ3v) is 5.55. The summed E-state index contributed by atoms with van der Waals surface area (Å²) in [5.41, 5.74) is 0. The molecule has 0 aliphatic rings. The van der Waals surface area contributed by atoms with Crippen LogP contribution in [0.5, 0.6) is 0 Å². The van der Waals surface area contributed by atoms with Crippen molar-refractivity contribution in [3.05, 3.63) is 26.7 Å². The van der Waals surface area contributed by atoms with Gasteiger partial charge in [0.1, 0.15) is 4.90 Å². The van der Waals surface area contributed by atoms with Crippen LogP contribution in [-0.4, -0.2) is 26.7 Å². The second-order valence-electron chi connectivity index (χ2n) is 4.53. The van der Waals surface area contributed by atoms with Crippen LogP contribution in [0.15, 0.2) is 21.5 Å². The quantitative estimate of drug-likeness (QED) is 0.684. The van der Waals surface area contributed by atoms with Gasteiger partial charge in [0, 0.05) is 17.6 Å². The first-order valence-corrected chi connectivity index (χ1v) is 9.06. The molecule has 1 aromatic rings. The van der Waals surface area contributed by atoms with E-state index in [1.807, 2.05) is 6.92 Å². The molecule has 8 heteroatoms. The second-order valence-corrected chi connectivity index (χ2v) is 7.96. The highest BCUT2D eigenvalue weighted by atomic mass is 79.9. The zero-order valence-corrected chi connectivity index (χ0v) is 14.8. The molecule has 2 N–H and O–H groups in total. The maximum Gasteiger partial charge on any atom is 0.243 e. The third-order valence-electron chi connectivity index (χ3n) is 2.71. The molecule has 0 aliphatic carbocycles. The van der Waals surface area contributed by atoms with Crippen molar-refractivity contribution in [2.24, 2.45) is 5.92 Å². The number of rotatable bonds is 7. The molecule has 20 heavy (non-hydrogen) atoms. The molecule has 1 aromatic carbocycles. The Hall–Kier alpha value is 0.150. The molecule has 4 nitrogen and oxygen atoms in total. The summed E-state index contributed by atoms with van der Waals surface area (Å²) in [5.74, 6) is 0.152. The number of halogens is 3. The average molecular weight is 405 g/mol. The van der Waals surface area contributed by atoms with Gasteiger partial charge in [-0.15, -0.1) is 0 Å². The van der Waals surface area contributed by atoms with Crippen LogP contribution in [-0.2, 0) is 10.0 Å². The average Bonchev–Trinajstić information content (AvgIpc) is 2.32. The highest BCUT2D eigenvalue weighted by Crippen LogP contribution is 2.32. The van der Waals surface area contributed by atoms with Crippen LogP contribution in [0.1, 0.15) is 19.8 Å². The van der Waals surface area contributed by atoms with Crippen LogP contribution in [0.2, 0.25) is 10.0 Å². The standard InChI is InChI=1S/C12H16BrCl2NO3S/c1-8(7-17)3-2-4-16-20(18,19)12-10(14)5-9(13)6-11(12)15/h5-6,8,16-17H,2-4,7H2,1H3. The molecule has 0 heterocycles. The van der Waals surface area contributed by atoms with E-state index in [2.05, 4.69) is 20.7 Å². The Balaban J connectivity index is 2.75. The van der Waals surface area contributed by atoms with Gasteiger partial charge in [-0.25, -0.2) is 13.1 Å². The van der Waals surface area contributed by atoms with Gasteiger partial charge in [0.05, 0.1) is 10.0 Å². The number of aliphatic hydroxyl groups is 1. The number of hydrogen-bond acceptors (Lipinski definition) is 3. The van der Waals surface area contributed by atoms with Gasteiger partial charge in [-0.05, 0) is 30.9 Å². The second kappa shape index (κ2) is 7.96. The summed E-state index contributed by atoms with van der Waals surface area (Å²) >= 11 is 15.1. The van der Waals surface area contributed by atoms with Gasteiger partial charge in [-0.3, -0.25) is 0 Å². The van der Waals surface area contributed by atoms with Crippen molar-refractivity contribution in [3.8, 4) is 0 Å². The van der Waals surface area contributed by atoms with E-state index in [0.717, 1.165) is 6.42 Å². The van der Waals surface area contributed by atoms with Gasteiger partial charge in [-0.1, -0.05) is 46.1 Å². The van der Waals surface area contributed by atoms with Crippen LogP contribution in [0.4, 0.5) is 0 Å². The van der Waals surface area contributed by atoms with Crippen LogP contribution < -0.4 is 4.72 Å². The molecule has 1 unspecified atom stereocenters. The molecule has 0 bridgehead atoms. The number of benzene rings is 1. The Kier molecular flexibility index (Phi) is 7.24. The van der Waals surface area contributed by atoms with E-state index in [9.17, 15) is 8.42 Å². The van der Waals surface area contributed by atoms with Crippen LogP contribution in [0.3, 0.4) is 0 Å². The van der Waals surface area contributed by atoms with Crippen molar-refractivity contribution in [1.82, 2.24) is 4.72 Å². The molecular formula is C12H16BrCl2NO3S. The van der Waals surface area contributed by atoms with Gasteiger partial charge < -0.3 is 5.11 Å². The van der Waals surface area contributed by atoms with Gasteiger partial charge >= 0.3 is 0 Å². The van der Waals surface area contributed by atoms with E-state index in [1.165, 1.54) is 12.1 Å². The minimum Gasteiger partial charge on any atom is -0.396 e. The van der Waals surface area contributed by atoms with Gasteiger partial charge in [0.2, 0.25) is 10.0 Å². The van der Waals surface area contributed by atoms with Crippen molar-refractivity contribution in [2.75, 3.05) is 13.2 Å². The minimum absolute atomic E-state index is 0.0700. The van der Waals surface area contributed by atoms with Crippen molar-refractivity contribution in [3.63, 3.8) is 0 Å². The summed E-state index contributed by atoms with van der Waals surface area (Å²) in [6.07, 6.45) is 1.37. The van der Waals surface area contributed by atoms with E-state index in [-0.39, 0.29) is 34.0 Å². The molecule has 1 rings (SSSR count). The summed E-state index contributed by atoms with van der Waals surface area (Å²) in [6, 6.07) is 2.96. The number of nitrogens with one attached hydrogen (secondary N) is 1. The van der Waals surface area contributed by atoms with E-state index in [0.29, 0.717) is 10.9 Å². The first kappa shape index (κ1) is 18.2. The third kappa shape index (κ3) is 5.16. The molecule has 0 aliphatic heterocycles. The molecule has 0 aromatic heterocycles. The van der Waals surface area contributed by atoms with E-state index >= 15 is 0 Å². The topological polar surface area (TPSA) is 66.4 Å². The Morgan fingerprint density at radius 3 is 2.40 bits per heavy atom. The lowest BCUT2D eigenvalue weighted by Crippen LogP contribution is -2.25. The summed E-state index contributed by atoms with van der Waals surface area (Å²) in [6.45, 7) is 2.27. The van der Waals surface area contributed by atoms with Crippen molar-refractivity contribution in [1.29, 1.82) is 0 Å². The molecule has 1 atom stereocenters.